The number of rotatable bonds is 7. The molecule has 1 saturated heterocycles. The Kier molecular flexibility index (Phi) is 6.30. The molecule has 1 aromatic rings. The van der Waals surface area contributed by atoms with Gasteiger partial charge in [0.25, 0.3) is 0 Å². The maximum atomic E-state index is 13.3. The molecule has 128 valence electrons. The normalized spacial score (nSPS) is 19.0. The van der Waals surface area contributed by atoms with Crippen LogP contribution in [0.3, 0.4) is 0 Å². The Morgan fingerprint density at radius 1 is 1.54 bits per heavy atom. The molecule has 1 aromatic carbocycles. The summed E-state index contributed by atoms with van der Waals surface area (Å²) in [5.74, 6) is -1.53. The van der Waals surface area contributed by atoms with E-state index in [1.54, 1.807) is 0 Å². The van der Waals surface area contributed by atoms with Crippen LogP contribution in [0.15, 0.2) is 28.4 Å². The van der Waals surface area contributed by atoms with Crippen LogP contribution in [0.1, 0.15) is 25.3 Å². The molecule has 7 nitrogen and oxygen atoms in total. The Hall–Kier alpha value is -2.42. The highest BCUT2D eigenvalue weighted by Crippen LogP contribution is 2.22. The maximum Gasteiger partial charge on any atom is 0.305 e. The van der Waals surface area contributed by atoms with Crippen LogP contribution in [0.25, 0.3) is 0 Å². The number of benzene rings is 1. The highest BCUT2D eigenvalue weighted by molar-refractivity contribution is 8.15. The fraction of sp³-hybridized carbons (Fsp3) is 0.333. The monoisotopic (exact) mass is 353 g/mol. The number of thioether (sulfide) groups is 1. The fourth-order valence-corrected chi connectivity index (χ4v) is 2.76. The molecule has 24 heavy (non-hydrogen) atoms. The van der Waals surface area contributed by atoms with E-state index in [4.69, 9.17) is 9.84 Å². The molecular weight excluding hydrogens is 337 g/mol. The molecule has 2 rings (SSSR count). The summed E-state index contributed by atoms with van der Waals surface area (Å²) in [5, 5.41) is 18.4. The van der Waals surface area contributed by atoms with E-state index >= 15 is 0 Å². The number of carbonyl (C=O) groups excluding carboxylic acids is 1. The number of carboxylic acids is 1. The average molecular weight is 353 g/mol. The van der Waals surface area contributed by atoms with Gasteiger partial charge in [-0.05, 0) is 18.6 Å². The lowest BCUT2D eigenvalue weighted by molar-refractivity contribution is -0.138. The van der Waals surface area contributed by atoms with Crippen LogP contribution in [0, 0.1) is 5.82 Å². The average Bonchev–Trinajstić information content (AvgIpc) is 2.86. The van der Waals surface area contributed by atoms with Gasteiger partial charge in [-0.1, -0.05) is 18.7 Å². The topological polar surface area (TPSA) is 100 Å². The first-order valence-corrected chi connectivity index (χ1v) is 8.10. The molecule has 1 atom stereocenters. The lowest BCUT2D eigenvalue weighted by Gasteiger charge is -2.07. The Bertz CT molecular complexity index is 693. The smallest absolute Gasteiger partial charge is 0.305 e. The van der Waals surface area contributed by atoms with Crippen LogP contribution in [-0.2, 0) is 9.59 Å². The number of aliphatic carboxylic acids is 1. The fourth-order valence-electron chi connectivity index (χ4n) is 1.84. The molecule has 1 heterocycles. The summed E-state index contributed by atoms with van der Waals surface area (Å²) >= 11 is 1.01. The summed E-state index contributed by atoms with van der Waals surface area (Å²) in [6.07, 6.45) is 1.88. The van der Waals surface area contributed by atoms with E-state index in [1.807, 2.05) is 6.92 Å². The number of carboxylic acid groups (broad SMARTS) is 1. The van der Waals surface area contributed by atoms with Crippen LogP contribution in [0.4, 0.5) is 4.39 Å². The van der Waals surface area contributed by atoms with Gasteiger partial charge in [-0.3, -0.25) is 9.59 Å². The second-order valence-electron chi connectivity index (χ2n) is 4.87. The summed E-state index contributed by atoms with van der Waals surface area (Å²) in [4.78, 5) is 22.2. The van der Waals surface area contributed by atoms with Crippen molar-refractivity contribution in [2.24, 2.45) is 10.2 Å². The van der Waals surface area contributed by atoms with Gasteiger partial charge in [0.1, 0.15) is 16.8 Å². The molecule has 2 N–H and O–H groups in total. The first-order chi connectivity index (χ1) is 11.5. The molecule has 0 aliphatic carbocycles. The van der Waals surface area contributed by atoms with Gasteiger partial charge in [0, 0.05) is 11.6 Å². The van der Waals surface area contributed by atoms with Crippen LogP contribution >= 0.6 is 11.8 Å². The largest absolute Gasteiger partial charge is 0.493 e. The number of nitrogens with one attached hydrogen (secondary N) is 1. The van der Waals surface area contributed by atoms with Gasteiger partial charge in [0.05, 0.1) is 19.2 Å². The zero-order chi connectivity index (χ0) is 17.5. The Morgan fingerprint density at radius 2 is 2.33 bits per heavy atom. The molecule has 1 fully saturated rings. The second kappa shape index (κ2) is 8.44. The van der Waals surface area contributed by atoms with E-state index < -0.39 is 22.9 Å². The summed E-state index contributed by atoms with van der Waals surface area (Å²) in [7, 11) is 0. The quantitative estimate of drug-likeness (QED) is 0.577. The molecule has 1 aliphatic heterocycles. The predicted molar refractivity (Wildman–Crippen MR) is 89.0 cm³/mol. The van der Waals surface area contributed by atoms with Crippen LogP contribution in [0.5, 0.6) is 5.75 Å². The van der Waals surface area contributed by atoms with E-state index in [1.165, 1.54) is 24.4 Å². The number of amides is 1. The van der Waals surface area contributed by atoms with E-state index in [9.17, 15) is 14.0 Å². The summed E-state index contributed by atoms with van der Waals surface area (Å²) < 4.78 is 18.7. The lowest BCUT2D eigenvalue weighted by atomic mass is 10.2. The second-order valence-corrected chi connectivity index (χ2v) is 6.07. The molecule has 0 saturated carbocycles. The van der Waals surface area contributed by atoms with Crippen molar-refractivity contribution in [1.29, 1.82) is 0 Å². The molecule has 1 aliphatic rings. The molecular formula is C15H16FN3O4S. The van der Waals surface area contributed by atoms with Crippen molar-refractivity contribution >= 4 is 35.0 Å². The first kappa shape index (κ1) is 17.9. The Labute approximate surface area is 142 Å². The zero-order valence-electron chi connectivity index (χ0n) is 12.9. The minimum absolute atomic E-state index is 0.223. The van der Waals surface area contributed by atoms with Crippen LogP contribution in [0.2, 0.25) is 0 Å². The van der Waals surface area contributed by atoms with Gasteiger partial charge in [-0.25, -0.2) is 4.39 Å². The van der Waals surface area contributed by atoms with Crippen molar-refractivity contribution in [3.63, 3.8) is 0 Å². The molecule has 0 bridgehead atoms. The first-order valence-electron chi connectivity index (χ1n) is 7.22. The molecule has 9 heteroatoms. The molecule has 0 spiro atoms. The number of carbonyl (C=O) groups is 2. The summed E-state index contributed by atoms with van der Waals surface area (Å²) in [5.41, 5.74) is 0.547. The number of nitrogens with zero attached hydrogens (tertiary/aromatic N) is 2. The van der Waals surface area contributed by atoms with Crippen LogP contribution in [-0.4, -0.2) is 40.2 Å². The van der Waals surface area contributed by atoms with Crippen molar-refractivity contribution in [2.45, 2.75) is 25.0 Å². The zero-order valence-corrected chi connectivity index (χ0v) is 13.7. The number of hydrogen-bond donors (Lipinski definition) is 2. The number of hydrogen-bond acceptors (Lipinski definition) is 6. The minimum Gasteiger partial charge on any atom is -0.493 e. The van der Waals surface area contributed by atoms with Crippen molar-refractivity contribution in [3.05, 3.63) is 29.6 Å². The van der Waals surface area contributed by atoms with Gasteiger partial charge in [-0.15, -0.1) is 5.10 Å². The SMILES string of the molecule is CCCOc1cc(F)ccc1C=NN=C1NC(=O)C(CC(=O)O)S1. The van der Waals surface area contributed by atoms with Crippen LogP contribution < -0.4 is 10.1 Å². The van der Waals surface area contributed by atoms with E-state index in [0.29, 0.717) is 17.9 Å². The van der Waals surface area contributed by atoms with Gasteiger partial charge in [0.15, 0.2) is 5.17 Å². The molecule has 0 radical (unpaired) electrons. The van der Waals surface area contributed by atoms with E-state index in [2.05, 4.69) is 15.5 Å². The van der Waals surface area contributed by atoms with Gasteiger partial charge >= 0.3 is 5.97 Å². The number of ether oxygens (including phenoxy) is 1. The standard InChI is InChI=1S/C15H16FN3O4S/c1-2-5-23-11-6-10(16)4-3-9(11)8-17-19-15-18-14(22)12(24-15)7-13(20)21/h3-4,6,8,12H,2,5,7H2,1H3,(H,20,21)(H,18,19,22). The third-order valence-corrected chi connectivity index (χ3v) is 3.99. The van der Waals surface area contributed by atoms with Crippen molar-refractivity contribution in [3.8, 4) is 5.75 Å². The van der Waals surface area contributed by atoms with Crippen molar-refractivity contribution in [2.75, 3.05) is 6.61 Å². The summed E-state index contributed by atoms with van der Waals surface area (Å²) in [6, 6.07) is 4.05. The van der Waals surface area contributed by atoms with E-state index in [-0.39, 0.29) is 11.6 Å². The van der Waals surface area contributed by atoms with Crippen molar-refractivity contribution < 1.29 is 23.8 Å². The minimum atomic E-state index is -1.06. The Balaban J connectivity index is 2.06. The Morgan fingerprint density at radius 3 is 3.04 bits per heavy atom. The lowest BCUT2D eigenvalue weighted by Crippen LogP contribution is -2.26. The van der Waals surface area contributed by atoms with Gasteiger partial charge in [-0.2, -0.15) is 5.10 Å². The molecule has 1 amide bonds. The third-order valence-electron chi connectivity index (χ3n) is 2.92. The molecule has 0 aromatic heterocycles. The van der Waals surface area contributed by atoms with E-state index in [0.717, 1.165) is 18.2 Å². The van der Waals surface area contributed by atoms with Gasteiger partial charge < -0.3 is 15.2 Å². The highest BCUT2D eigenvalue weighted by atomic mass is 32.2. The number of halogens is 1. The molecule has 1 unspecified atom stereocenters. The van der Waals surface area contributed by atoms with Gasteiger partial charge in [0.2, 0.25) is 5.91 Å². The third kappa shape index (κ3) is 5.05. The summed E-state index contributed by atoms with van der Waals surface area (Å²) in [6.45, 7) is 2.38. The maximum absolute atomic E-state index is 13.3. The highest BCUT2D eigenvalue weighted by Gasteiger charge is 2.32. The predicted octanol–water partition coefficient (Wildman–Crippen LogP) is 2.01. The van der Waals surface area contributed by atoms with Crippen molar-refractivity contribution in [1.82, 2.24) is 5.32 Å². The number of amidine groups is 1.